The van der Waals surface area contributed by atoms with E-state index in [0.29, 0.717) is 60.2 Å². The van der Waals surface area contributed by atoms with Gasteiger partial charge in [-0.05, 0) is 105 Å². The van der Waals surface area contributed by atoms with Crippen LogP contribution < -0.4 is 34.9 Å². The lowest BCUT2D eigenvalue weighted by atomic mass is 10.2. The van der Waals surface area contributed by atoms with Crippen LogP contribution in [-0.2, 0) is 29.5 Å². The van der Waals surface area contributed by atoms with E-state index in [1.807, 2.05) is 6.19 Å². The highest BCUT2D eigenvalue weighted by Gasteiger charge is 2.36. The number of hydrogen-bond acceptors (Lipinski definition) is 13. The fourth-order valence-corrected chi connectivity index (χ4v) is 11.9. The minimum Gasteiger partial charge on any atom is -0.495 e. The number of likely N-dealkylation sites (tertiary alicyclic amines) is 1. The van der Waals surface area contributed by atoms with Crippen molar-refractivity contribution >= 4 is 107 Å². The Hall–Kier alpha value is -3.99. The molecule has 2 heterocycles. The lowest BCUT2D eigenvalue weighted by Crippen LogP contribution is -2.36. The van der Waals surface area contributed by atoms with Gasteiger partial charge in [-0.15, -0.1) is 0 Å². The number of benzene rings is 4. The first kappa shape index (κ1) is 49.0. The zero-order chi connectivity index (χ0) is 45.0. The van der Waals surface area contributed by atoms with Gasteiger partial charge in [0.15, 0.2) is 6.19 Å². The number of ether oxygens (including phenoxy) is 4. The van der Waals surface area contributed by atoms with E-state index in [0.717, 1.165) is 0 Å². The lowest BCUT2D eigenvalue weighted by molar-refractivity contribution is 0.134. The Labute approximate surface area is 393 Å². The summed E-state index contributed by atoms with van der Waals surface area (Å²) in [5.74, 6) is 1.01. The molecule has 0 aromatic heterocycles. The van der Waals surface area contributed by atoms with E-state index in [1.165, 1.54) is 31.3 Å². The average molecular weight is 1150 g/mol. The third-order valence-electron chi connectivity index (χ3n) is 9.28. The summed E-state index contributed by atoms with van der Waals surface area (Å²) >= 11 is 13.1. The molecule has 0 bridgehead atoms. The highest BCUT2D eigenvalue weighted by Crippen LogP contribution is 2.29. The molecule has 5 N–H and O–H groups in total. The molecule has 0 unspecified atom stereocenters. The van der Waals surface area contributed by atoms with Gasteiger partial charge in [-0.25, -0.2) is 35.9 Å². The summed E-state index contributed by atoms with van der Waals surface area (Å²) in [4.78, 5) is 25.9. The maximum Gasteiger partial charge on any atom is 0.411 e. The molecule has 0 radical (unpaired) electrons. The van der Waals surface area contributed by atoms with E-state index in [2.05, 4.69) is 89.1 Å². The highest BCUT2D eigenvalue weighted by atomic mass is 79.9. The third kappa shape index (κ3) is 13.8. The Morgan fingerprint density at radius 3 is 1.71 bits per heavy atom. The van der Waals surface area contributed by atoms with E-state index in [9.17, 15) is 31.7 Å². The molecule has 4 aromatic rings. The van der Waals surface area contributed by atoms with Crippen molar-refractivity contribution in [1.29, 1.82) is 5.26 Å². The van der Waals surface area contributed by atoms with Crippen LogP contribution in [0.5, 0.6) is 11.5 Å². The summed E-state index contributed by atoms with van der Waals surface area (Å²) in [5, 5.41) is 17.8. The predicted octanol–water partition coefficient (Wildman–Crippen LogP) is 7.15. The Morgan fingerprint density at radius 2 is 1.21 bits per heavy atom. The molecule has 2 fully saturated rings. The first-order chi connectivity index (χ1) is 29.5. The van der Waals surface area contributed by atoms with Gasteiger partial charge in [0.2, 0.25) is 20.0 Å². The number of amides is 2. The van der Waals surface area contributed by atoms with Crippen LogP contribution in [0, 0.1) is 11.5 Å². The topological polar surface area (TPSA) is 227 Å². The van der Waals surface area contributed by atoms with Gasteiger partial charge in [0.25, 0.3) is 0 Å². The van der Waals surface area contributed by atoms with E-state index in [1.54, 1.807) is 72.8 Å². The molecule has 2 amide bonds. The molecule has 4 aromatic carbocycles. The number of methoxy groups -OCH3 is 2. The number of anilines is 2. The Kier molecular flexibility index (Phi) is 17.9. The van der Waals surface area contributed by atoms with Crippen LogP contribution in [0.3, 0.4) is 0 Å². The van der Waals surface area contributed by atoms with Gasteiger partial charge in [0.1, 0.15) is 24.7 Å². The number of carbonyl (C=O) groups is 2. The SMILES string of the molecule is COc1ccccc1NC(=O)OC[C@H]1C[C@@H](NS(=O)(=O)c2cc(Br)ccc2Br)CN1.COc1ccccc1NC(=O)OC[C@H]1C[C@@H](NS(=O)(=O)c2cc(Br)ccc2Br)CN1C#N. The normalized spacial score (nSPS) is 18.4. The van der Waals surface area contributed by atoms with E-state index >= 15 is 0 Å². The standard InChI is InChI=1S/C20H20Br2N4O5S.C19H21Br2N3O5S/c1-30-18-5-3-2-4-17(18)24-20(27)31-11-15-9-14(10-26(15)12-23)25-32(28,29)19-8-13(21)6-7-16(19)22;1-28-17-5-3-2-4-16(17)23-19(25)29-11-14-9-13(10-22-14)24-30(26,27)18-8-12(20)6-7-15(18)21/h2-8,14-15,25H,9-11H2,1H3,(H,24,27);2-8,13-14,22,24H,9-11H2,1H3,(H,23,25)/t14-,15-;13-,14-/m11/s1. The molecule has 0 spiro atoms. The van der Waals surface area contributed by atoms with Crippen molar-refractivity contribution in [2.45, 2.75) is 46.8 Å². The summed E-state index contributed by atoms with van der Waals surface area (Å²) in [7, 11) is -4.52. The van der Waals surface area contributed by atoms with Crippen LogP contribution in [-0.4, -0.2) is 98.6 Å². The lowest BCUT2D eigenvalue weighted by Gasteiger charge is -2.18. The molecule has 6 rings (SSSR count). The summed E-state index contributed by atoms with van der Waals surface area (Å²) in [6.45, 7) is 0.643. The summed E-state index contributed by atoms with van der Waals surface area (Å²) in [6, 6.07) is 22.3. The Morgan fingerprint density at radius 1 is 0.726 bits per heavy atom. The largest absolute Gasteiger partial charge is 0.495 e. The molecule has 332 valence electrons. The second-order valence-electron chi connectivity index (χ2n) is 13.6. The van der Waals surface area contributed by atoms with Crippen LogP contribution in [0.1, 0.15) is 12.8 Å². The monoisotopic (exact) mass is 1150 g/mol. The molecule has 2 aliphatic rings. The van der Waals surface area contributed by atoms with Crippen LogP contribution in [0.4, 0.5) is 21.0 Å². The quantitative estimate of drug-likeness (QED) is 0.0792. The maximum atomic E-state index is 12.8. The fourth-order valence-electron chi connectivity index (χ4n) is 6.39. The smallest absolute Gasteiger partial charge is 0.411 e. The van der Waals surface area contributed by atoms with Crippen molar-refractivity contribution in [1.82, 2.24) is 19.7 Å². The fraction of sp³-hybridized carbons (Fsp3) is 0.308. The Balaban J connectivity index is 0.000000235. The minimum absolute atomic E-state index is 0.0760. The highest BCUT2D eigenvalue weighted by molar-refractivity contribution is 9.11. The number of para-hydroxylation sites is 4. The van der Waals surface area contributed by atoms with Crippen LogP contribution in [0.15, 0.2) is 113 Å². The van der Waals surface area contributed by atoms with Gasteiger partial charge in [0, 0.05) is 49.1 Å². The average Bonchev–Trinajstić information content (AvgIpc) is 3.86. The molecule has 62 heavy (non-hydrogen) atoms. The number of sulfonamides is 2. The molecule has 17 nitrogen and oxygen atoms in total. The van der Waals surface area contributed by atoms with Crippen molar-refractivity contribution in [3.8, 4) is 17.7 Å². The van der Waals surface area contributed by atoms with Gasteiger partial charge < -0.3 is 29.2 Å². The van der Waals surface area contributed by atoms with Crippen molar-refractivity contribution in [3.05, 3.63) is 103 Å². The number of halogens is 4. The first-order valence-electron chi connectivity index (χ1n) is 18.5. The van der Waals surface area contributed by atoms with E-state index < -0.39 is 44.3 Å². The van der Waals surface area contributed by atoms with E-state index in [4.69, 9.17) is 18.9 Å². The summed E-state index contributed by atoms with van der Waals surface area (Å²) < 4.78 is 79.5. The molecule has 0 saturated carbocycles. The van der Waals surface area contributed by atoms with Crippen molar-refractivity contribution in [2.24, 2.45) is 0 Å². The molecule has 2 saturated heterocycles. The summed E-state index contributed by atoms with van der Waals surface area (Å²) in [5.41, 5.74) is 0.961. The number of nitrogens with one attached hydrogen (secondary N) is 5. The van der Waals surface area contributed by atoms with Crippen LogP contribution >= 0.6 is 63.7 Å². The Bertz CT molecular complexity index is 2500. The second kappa shape index (κ2) is 22.6. The third-order valence-corrected chi connectivity index (χ3v) is 15.3. The molecule has 23 heteroatoms. The number of rotatable bonds is 14. The van der Waals surface area contributed by atoms with Gasteiger partial charge in [-0.2, -0.15) is 5.26 Å². The number of carbonyl (C=O) groups excluding carboxylic acids is 2. The molecule has 2 aliphatic heterocycles. The minimum atomic E-state index is -3.83. The number of hydrogen-bond donors (Lipinski definition) is 5. The molecule has 0 aliphatic carbocycles. The van der Waals surface area contributed by atoms with Gasteiger partial charge in [0.05, 0.1) is 41.4 Å². The van der Waals surface area contributed by atoms with Crippen molar-refractivity contribution < 1.29 is 45.4 Å². The second-order valence-corrected chi connectivity index (χ2v) is 20.5. The zero-order valence-corrected chi connectivity index (χ0v) is 40.9. The number of nitrogens with zero attached hydrogens (tertiary/aromatic N) is 2. The molecule has 4 atom stereocenters. The van der Waals surface area contributed by atoms with Gasteiger partial charge >= 0.3 is 12.2 Å². The first-order valence-corrected chi connectivity index (χ1v) is 24.6. The number of nitriles is 1. The van der Waals surface area contributed by atoms with Crippen molar-refractivity contribution in [2.75, 3.05) is 51.2 Å². The van der Waals surface area contributed by atoms with Crippen molar-refractivity contribution in [3.63, 3.8) is 0 Å². The van der Waals surface area contributed by atoms with E-state index in [-0.39, 0.29) is 41.6 Å². The molecular formula is C39H41Br4N7O10S2. The van der Waals surface area contributed by atoms with Gasteiger partial charge in [-0.1, -0.05) is 56.1 Å². The zero-order valence-electron chi connectivity index (χ0n) is 32.9. The van der Waals surface area contributed by atoms with Gasteiger partial charge in [-0.3, -0.25) is 10.6 Å². The molecular weight excluding hydrogens is 1110 g/mol. The maximum absolute atomic E-state index is 12.8. The summed E-state index contributed by atoms with van der Waals surface area (Å²) in [6.07, 6.45) is 1.52. The van der Waals surface area contributed by atoms with Crippen LogP contribution in [0.2, 0.25) is 0 Å². The van der Waals surface area contributed by atoms with Crippen LogP contribution in [0.25, 0.3) is 0 Å². The predicted molar refractivity (Wildman–Crippen MR) is 245 cm³/mol.